The Balaban J connectivity index is 3.71. The van der Waals surface area contributed by atoms with E-state index in [9.17, 15) is 9.59 Å². The summed E-state index contributed by atoms with van der Waals surface area (Å²) in [5.41, 5.74) is 1.23. The van der Waals surface area contributed by atoms with Crippen LogP contribution in [0.1, 0.15) is 0 Å². The smallest absolute Gasteiger partial charge is 0.328 e. The largest absolute Gasteiger partial charge is 0.478 e. The van der Waals surface area contributed by atoms with Gasteiger partial charge in [0.1, 0.15) is 0 Å². The van der Waals surface area contributed by atoms with E-state index in [0.29, 0.717) is 12.2 Å². The van der Waals surface area contributed by atoms with Crippen LogP contribution in [0.15, 0.2) is 12.2 Å². The van der Waals surface area contributed by atoms with Crippen molar-refractivity contribution in [3.63, 3.8) is 0 Å². The zero-order valence-corrected chi connectivity index (χ0v) is 4.37. The molecule has 0 aliphatic rings. The lowest BCUT2D eigenvalue weighted by Crippen LogP contribution is -2.15. The highest BCUT2D eigenvalue weighted by Crippen LogP contribution is 1.70. The summed E-state index contributed by atoms with van der Waals surface area (Å²) in [6.07, 6.45) is 1.31. The van der Waals surface area contributed by atoms with Crippen molar-refractivity contribution in [3.05, 3.63) is 12.2 Å². The average molecular weight is 131 g/mol. The van der Waals surface area contributed by atoms with E-state index < -0.39 is 11.9 Å². The monoisotopic (exact) mass is 131 g/mol. The van der Waals surface area contributed by atoms with Gasteiger partial charge in [0, 0.05) is 12.2 Å². The van der Waals surface area contributed by atoms with Gasteiger partial charge in [0.05, 0.1) is 0 Å². The molecule has 0 radical (unpaired) electrons. The van der Waals surface area contributed by atoms with Gasteiger partial charge in [-0.1, -0.05) is 0 Å². The fourth-order valence-corrected chi connectivity index (χ4v) is 0.184. The molecule has 1 amide bonds. The third kappa shape index (κ3) is 4.49. The second-order valence-corrected chi connectivity index (χ2v) is 1.15. The number of aliphatic carboxylic acids is 1. The first kappa shape index (κ1) is 7.64. The summed E-state index contributed by atoms with van der Waals surface area (Å²) in [6.45, 7) is 0. The molecule has 0 bridgehead atoms. The van der Waals surface area contributed by atoms with E-state index >= 15 is 0 Å². The van der Waals surface area contributed by atoms with E-state index in [1.165, 1.54) is 5.48 Å². The molecule has 50 valence electrons. The van der Waals surface area contributed by atoms with Crippen LogP contribution in [0.5, 0.6) is 0 Å². The van der Waals surface area contributed by atoms with Gasteiger partial charge in [0.25, 0.3) is 5.91 Å². The number of carboxylic acids is 1. The quantitative estimate of drug-likeness (QED) is 0.258. The molecule has 0 saturated heterocycles. The molecule has 0 unspecified atom stereocenters. The number of hydrogen-bond donors (Lipinski definition) is 3. The fraction of sp³-hybridized carbons (Fsp3) is 0. The van der Waals surface area contributed by atoms with Crippen molar-refractivity contribution in [3.8, 4) is 0 Å². The summed E-state index contributed by atoms with van der Waals surface area (Å²) in [7, 11) is 0. The third-order valence-electron chi connectivity index (χ3n) is 0.487. The van der Waals surface area contributed by atoms with Crippen LogP contribution in [-0.4, -0.2) is 22.2 Å². The molecule has 0 rings (SSSR count). The van der Waals surface area contributed by atoms with Crippen molar-refractivity contribution in [1.29, 1.82) is 0 Å². The van der Waals surface area contributed by atoms with Gasteiger partial charge in [-0.2, -0.15) is 0 Å². The van der Waals surface area contributed by atoms with Crippen LogP contribution in [0.3, 0.4) is 0 Å². The van der Waals surface area contributed by atoms with Crippen LogP contribution in [-0.2, 0) is 9.59 Å². The number of hydrogen-bond acceptors (Lipinski definition) is 3. The molecule has 0 aliphatic heterocycles. The zero-order valence-electron chi connectivity index (χ0n) is 4.37. The minimum absolute atomic E-state index is 0.617. The summed E-state index contributed by atoms with van der Waals surface area (Å²) in [5, 5.41) is 15.7. The summed E-state index contributed by atoms with van der Waals surface area (Å²) in [6, 6.07) is 0. The lowest BCUT2D eigenvalue weighted by Gasteiger charge is -1.84. The van der Waals surface area contributed by atoms with Crippen LogP contribution >= 0.6 is 0 Å². The van der Waals surface area contributed by atoms with E-state index in [0.717, 1.165) is 0 Å². The van der Waals surface area contributed by atoms with Gasteiger partial charge in [-0.3, -0.25) is 10.0 Å². The second-order valence-electron chi connectivity index (χ2n) is 1.15. The number of carbonyl (C=O) groups is 2. The van der Waals surface area contributed by atoms with E-state index in [-0.39, 0.29) is 0 Å². The number of nitrogens with one attached hydrogen (secondary N) is 1. The Morgan fingerprint density at radius 2 is 1.89 bits per heavy atom. The zero-order chi connectivity index (χ0) is 7.28. The van der Waals surface area contributed by atoms with Gasteiger partial charge < -0.3 is 5.11 Å². The molecule has 0 aliphatic carbocycles. The Bertz CT molecular complexity index is 151. The predicted octanol–water partition coefficient (Wildman–Crippen LogP) is -0.867. The molecular weight excluding hydrogens is 126 g/mol. The van der Waals surface area contributed by atoms with Gasteiger partial charge in [-0.25, -0.2) is 10.3 Å². The number of carboxylic acid groups (broad SMARTS) is 1. The molecule has 0 aromatic carbocycles. The molecule has 5 nitrogen and oxygen atoms in total. The van der Waals surface area contributed by atoms with Crippen LogP contribution < -0.4 is 5.48 Å². The number of carbonyl (C=O) groups excluding carboxylic acids is 1. The molecule has 0 spiro atoms. The number of amides is 1. The van der Waals surface area contributed by atoms with Crippen molar-refractivity contribution >= 4 is 11.9 Å². The van der Waals surface area contributed by atoms with Crippen molar-refractivity contribution in [1.82, 2.24) is 5.48 Å². The molecule has 0 aromatic heterocycles. The first-order valence-corrected chi connectivity index (χ1v) is 2.02. The van der Waals surface area contributed by atoms with E-state index in [2.05, 4.69) is 0 Å². The highest BCUT2D eigenvalue weighted by Gasteiger charge is 1.90. The summed E-state index contributed by atoms with van der Waals surface area (Å²) >= 11 is 0. The van der Waals surface area contributed by atoms with Crippen molar-refractivity contribution in [2.45, 2.75) is 0 Å². The second kappa shape index (κ2) is 3.62. The maximum Gasteiger partial charge on any atom is 0.328 e. The van der Waals surface area contributed by atoms with Gasteiger partial charge in [0.2, 0.25) is 0 Å². The standard InChI is InChI=1S/C4H5NO4/c6-3(5-9)1-2-4(7)8/h1-2,9H,(H,5,6)(H,7,8)/b2-1-. The molecule has 9 heavy (non-hydrogen) atoms. The normalized spacial score (nSPS) is 9.44. The first-order chi connectivity index (χ1) is 4.16. The molecule has 0 heterocycles. The highest BCUT2D eigenvalue weighted by molar-refractivity contribution is 5.93. The van der Waals surface area contributed by atoms with Crippen LogP contribution in [0.25, 0.3) is 0 Å². The maximum absolute atomic E-state index is 10.0. The fourth-order valence-electron chi connectivity index (χ4n) is 0.184. The van der Waals surface area contributed by atoms with E-state index in [4.69, 9.17) is 10.3 Å². The Kier molecular flexibility index (Phi) is 3.07. The molecule has 0 aromatic rings. The summed E-state index contributed by atoms with van der Waals surface area (Å²) < 4.78 is 0. The first-order valence-electron chi connectivity index (χ1n) is 2.02. The van der Waals surface area contributed by atoms with Crippen molar-refractivity contribution in [2.75, 3.05) is 0 Å². The predicted molar refractivity (Wildman–Crippen MR) is 26.7 cm³/mol. The van der Waals surface area contributed by atoms with Gasteiger partial charge in [-0.15, -0.1) is 0 Å². The maximum atomic E-state index is 10.0. The number of hydroxylamine groups is 1. The molecule has 5 heteroatoms. The van der Waals surface area contributed by atoms with E-state index in [1.54, 1.807) is 0 Å². The molecule has 0 saturated carbocycles. The Labute approximate surface area is 50.6 Å². The van der Waals surface area contributed by atoms with Gasteiger partial charge in [0.15, 0.2) is 0 Å². The Morgan fingerprint density at radius 3 is 2.22 bits per heavy atom. The van der Waals surface area contributed by atoms with Crippen LogP contribution in [0.2, 0.25) is 0 Å². The van der Waals surface area contributed by atoms with Gasteiger partial charge >= 0.3 is 5.97 Å². The SMILES string of the molecule is O=C(O)/C=C\C(=O)NO. The van der Waals surface area contributed by atoms with Crippen molar-refractivity contribution in [2.24, 2.45) is 0 Å². The lowest BCUT2D eigenvalue weighted by molar-refractivity contribution is -0.132. The minimum Gasteiger partial charge on any atom is -0.478 e. The average Bonchev–Trinajstić information content (AvgIpc) is 1.83. The number of rotatable bonds is 2. The Hall–Kier alpha value is -1.36. The lowest BCUT2D eigenvalue weighted by atomic mass is 10.5. The minimum atomic E-state index is -1.24. The summed E-state index contributed by atoms with van der Waals surface area (Å²) in [4.78, 5) is 19.7. The Morgan fingerprint density at radius 1 is 1.33 bits per heavy atom. The molecule has 3 N–H and O–H groups in total. The van der Waals surface area contributed by atoms with Crippen LogP contribution in [0, 0.1) is 0 Å². The molecular formula is C4H5NO4. The topological polar surface area (TPSA) is 86.6 Å². The van der Waals surface area contributed by atoms with Gasteiger partial charge in [-0.05, 0) is 0 Å². The third-order valence-corrected chi connectivity index (χ3v) is 0.487. The van der Waals surface area contributed by atoms with Crippen molar-refractivity contribution < 1.29 is 19.9 Å². The highest BCUT2D eigenvalue weighted by atomic mass is 16.5. The summed E-state index contributed by atoms with van der Waals surface area (Å²) in [5.74, 6) is -2.10. The molecule has 0 atom stereocenters. The van der Waals surface area contributed by atoms with E-state index in [1.807, 2.05) is 0 Å². The van der Waals surface area contributed by atoms with Crippen LogP contribution in [0.4, 0.5) is 0 Å². The molecule has 0 fully saturated rings.